The number of ether oxygens (including phenoxy) is 2. The maximum atomic E-state index is 13.7. The maximum absolute atomic E-state index is 13.7. The van der Waals surface area contributed by atoms with E-state index in [1.807, 2.05) is 24.3 Å². The fourth-order valence-electron chi connectivity index (χ4n) is 4.91. The highest BCUT2D eigenvalue weighted by molar-refractivity contribution is 7.91. The predicted molar refractivity (Wildman–Crippen MR) is 129 cm³/mol. The summed E-state index contributed by atoms with van der Waals surface area (Å²) < 4.78 is 39.6. The van der Waals surface area contributed by atoms with Crippen LogP contribution in [0.2, 0.25) is 0 Å². The van der Waals surface area contributed by atoms with Crippen molar-refractivity contribution in [1.29, 1.82) is 0 Å². The number of likely N-dealkylation sites (tertiary alicyclic amines) is 1. The molecular weight excluding hydrogens is 450 g/mol. The van der Waals surface area contributed by atoms with Crippen LogP contribution in [0.25, 0.3) is 0 Å². The molecule has 34 heavy (non-hydrogen) atoms. The third-order valence-corrected chi connectivity index (χ3v) is 8.87. The first-order chi connectivity index (χ1) is 16.5. The number of rotatable bonds is 6. The zero-order valence-corrected chi connectivity index (χ0v) is 19.8. The standard InChI is InChI=1S/C27H29NO5S/c29-22-12-8-21(9-13-22)27-26(33-24-6-2-3-7-25(24)34(27,30)31)20-10-14-23(15-11-20)32-19-18-28-16-4-1-5-17-28/h2-3,6-15,26-27,29H,1,4-5,16-19H2/p+1/t26-,27+/m1/s1. The van der Waals surface area contributed by atoms with Crippen molar-refractivity contribution in [2.45, 2.75) is 35.5 Å². The molecule has 0 radical (unpaired) electrons. The fraction of sp³-hybridized carbons (Fsp3) is 0.333. The van der Waals surface area contributed by atoms with Gasteiger partial charge in [-0.15, -0.1) is 0 Å². The average molecular weight is 481 g/mol. The van der Waals surface area contributed by atoms with Gasteiger partial charge in [0.2, 0.25) is 0 Å². The Morgan fingerprint density at radius 2 is 1.56 bits per heavy atom. The molecule has 2 aliphatic rings. The zero-order chi connectivity index (χ0) is 23.5. The minimum absolute atomic E-state index is 0.0858. The number of piperidine rings is 1. The number of phenols is 1. The van der Waals surface area contributed by atoms with Gasteiger partial charge in [-0.1, -0.05) is 36.4 Å². The van der Waals surface area contributed by atoms with Crippen LogP contribution in [0.15, 0.2) is 77.7 Å². The molecule has 3 aromatic carbocycles. The molecule has 0 aromatic heterocycles. The van der Waals surface area contributed by atoms with Crippen LogP contribution in [-0.4, -0.2) is 39.8 Å². The fourth-order valence-corrected chi connectivity index (χ4v) is 6.90. The number of phenolic OH excluding ortho intramolecular Hbond substituents is 1. The number of fused-ring (bicyclic) bond motifs is 1. The van der Waals surface area contributed by atoms with E-state index in [-0.39, 0.29) is 10.6 Å². The van der Waals surface area contributed by atoms with Crippen molar-refractivity contribution in [3.8, 4) is 17.2 Å². The van der Waals surface area contributed by atoms with E-state index in [2.05, 4.69) is 0 Å². The molecule has 7 heteroatoms. The lowest BCUT2D eigenvalue weighted by Gasteiger charge is -2.34. The number of quaternary nitrogens is 1. The molecule has 0 saturated carbocycles. The lowest BCUT2D eigenvalue weighted by Crippen LogP contribution is -3.13. The number of hydrogen-bond acceptors (Lipinski definition) is 5. The van der Waals surface area contributed by atoms with Gasteiger partial charge in [0.25, 0.3) is 0 Å². The number of nitrogens with one attached hydrogen (secondary N) is 1. The van der Waals surface area contributed by atoms with Gasteiger partial charge in [0.15, 0.2) is 9.84 Å². The Balaban J connectivity index is 1.39. The Morgan fingerprint density at radius 3 is 2.29 bits per heavy atom. The highest BCUT2D eigenvalue weighted by atomic mass is 32.2. The molecule has 0 unspecified atom stereocenters. The Bertz CT molecular complexity index is 1220. The van der Waals surface area contributed by atoms with Crippen LogP contribution < -0.4 is 14.4 Å². The quantitative estimate of drug-likeness (QED) is 0.565. The van der Waals surface area contributed by atoms with Crippen LogP contribution in [0.4, 0.5) is 0 Å². The third-order valence-electron chi connectivity index (χ3n) is 6.73. The van der Waals surface area contributed by atoms with Crippen LogP contribution >= 0.6 is 0 Å². The van der Waals surface area contributed by atoms with Crippen molar-refractivity contribution in [3.05, 3.63) is 83.9 Å². The largest absolute Gasteiger partial charge is 0.508 e. The van der Waals surface area contributed by atoms with E-state index in [9.17, 15) is 13.5 Å². The van der Waals surface area contributed by atoms with Crippen LogP contribution in [0.3, 0.4) is 0 Å². The molecule has 2 atom stereocenters. The van der Waals surface area contributed by atoms with Crippen molar-refractivity contribution < 1.29 is 27.9 Å². The van der Waals surface area contributed by atoms with Crippen molar-refractivity contribution in [1.82, 2.24) is 0 Å². The van der Waals surface area contributed by atoms with E-state index in [0.717, 1.165) is 17.9 Å². The van der Waals surface area contributed by atoms with E-state index in [1.165, 1.54) is 44.5 Å². The summed E-state index contributed by atoms with van der Waals surface area (Å²) >= 11 is 0. The Hall–Kier alpha value is -3.03. The third kappa shape index (κ3) is 4.63. The summed E-state index contributed by atoms with van der Waals surface area (Å²) in [7, 11) is -3.72. The Kier molecular flexibility index (Phi) is 6.48. The van der Waals surface area contributed by atoms with Gasteiger partial charge in [-0.25, -0.2) is 8.42 Å². The highest BCUT2D eigenvalue weighted by Crippen LogP contribution is 2.49. The number of aromatic hydroxyl groups is 1. The topological polar surface area (TPSA) is 77.3 Å². The molecule has 1 saturated heterocycles. The molecule has 5 rings (SSSR count). The number of sulfone groups is 1. The van der Waals surface area contributed by atoms with Gasteiger partial charge in [0.05, 0.1) is 13.1 Å². The van der Waals surface area contributed by atoms with Gasteiger partial charge in [-0.05, 0) is 66.8 Å². The van der Waals surface area contributed by atoms with Crippen molar-refractivity contribution in [2.24, 2.45) is 0 Å². The molecule has 2 N–H and O–H groups in total. The van der Waals surface area contributed by atoms with E-state index in [0.29, 0.717) is 17.9 Å². The van der Waals surface area contributed by atoms with Crippen LogP contribution in [0, 0.1) is 0 Å². The van der Waals surface area contributed by atoms with Crippen LogP contribution in [0.5, 0.6) is 17.2 Å². The maximum Gasteiger partial charge on any atom is 0.193 e. The molecule has 3 aromatic rings. The molecule has 0 aliphatic carbocycles. The highest BCUT2D eigenvalue weighted by Gasteiger charge is 2.44. The van der Waals surface area contributed by atoms with Gasteiger partial charge < -0.3 is 19.5 Å². The second-order valence-corrected chi connectivity index (χ2v) is 11.1. The summed E-state index contributed by atoms with van der Waals surface area (Å²) in [6.07, 6.45) is 3.19. The smallest absolute Gasteiger partial charge is 0.193 e. The SMILES string of the molecule is O=S1(=O)c2ccccc2O[C@H](c2ccc(OCC[NH+]3CCCCC3)cc2)[C@@H]1c1ccc(O)cc1. The molecule has 178 valence electrons. The molecule has 2 aliphatic heterocycles. The predicted octanol–water partition coefficient (Wildman–Crippen LogP) is 3.49. The van der Waals surface area contributed by atoms with Gasteiger partial charge in [0, 0.05) is 0 Å². The minimum Gasteiger partial charge on any atom is -0.508 e. The number of benzene rings is 3. The Labute approximate surface area is 200 Å². The molecular formula is C27H30NO5S+. The van der Waals surface area contributed by atoms with Gasteiger partial charge in [-0.3, -0.25) is 0 Å². The summed E-state index contributed by atoms with van der Waals surface area (Å²) in [4.78, 5) is 1.78. The summed E-state index contributed by atoms with van der Waals surface area (Å²) in [6.45, 7) is 4.09. The van der Waals surface area contributed by atoms with Crippen molar-refractivity contribution in [3.63, 3.8) is 0 Å². The molecule has 2 heterocycles. The summed E-state index contributed by atoms with van der Waals surface area (Å²) in [5, 5.41) is 8.78. The second kappa shape index (κ2) is 9.68. The molecule has 6 nitrogen and oxygen atoms in total. The first-order valence-electron chi connectivity index (χ1n) is 11.9. The van der Waals surface area contributed by atoms with Crippen LogP contribution in [0.1, 0.15) is 41.7 Å². The summed E-state index contributed by atoms with van der Waals surface area (Å²) in [5.74, 6) is 1.20. The van der Waals surface area contributed by atoms with Gasteiger partial charge in [-0.2, -0.15) is 0 Å². The number of para-hydroxylation sites is 1. The molecule has 1 fully saturated rings. The van der Waals surface area contributed by atoms with Crippen LogP contribution in [-0.2, 0) is 9.84 Å². The summed E-state index contributed by atoms with van der Waals surface area (Å²) in [6, 6.07) is 20.5. The normalized spacial score (nSPS) is 21.9. The average Bonchev–Trinajstić information content (AvgIpc) is 2.86. The lowest BCUT2D eigenvalue weighted by molar-refractivity contribution is -0.904. The summed E-state index contributed by atoms with van der Waals surface area (Å²) in [5.41, 5.74) is 1.33. The van der Waals surface area contributed by atoms with Gasteiger partial charge in [0.1, 0.15) is 46.6 Å². The molecule has 0 spiro atoms. The first-order valence-corrected chi connectivity index (χ1v) is 13.4. The van der Waals surface area contributed by atoms with Crippen molar-refractivity contribution in [2.75, 3.05) is 26.2 Å². The number of hydrogen-bond donors (Lipinski definition) is 2. The Morgan fingerprint density at radius 1 is 0.882 bits per heavy atom. The monoisotopic (exact) mass is 480 g/mol. The van der Waals surface area contributed by atoms with E-state index < -0.39 is 21.2 Å². The van der Waals surface area contributed by atoms with E-state index >= 15 is 0 Å². The van der Waals surface area contributed by atoms with Gasteiger partial charge >= 0.3 is 0 Å². The molecule has 0 amide bonds. The molecule has 0 bridgehead atoms. The zero-order valence-electron chi connectivity index (χ0n) is 19.0. The minimum atomic E-state index is -3.72. The first kappa shape index (κ1) is 22.7. The van der Waals surface area contributed by atoms with E-state index in [1.54, 1.807) is 41.3 Å². The lowest BCUT2D eigenvalue weighted by atomic mass is 10.00. The van der Waals surface area contributed by atoms with E-state index in [4.69, 9.17) is 9.47 Å². The second-order valence-electron chi connectivity index (χ2n) is 9.02. The van der Waals surface area contributed by atoms with Crippen molar-refractivity contribution >= 4 is 9.84 Å².